The highest BCUT2D eigenvalue weighted by molar-refractivity contribution is 7.99. The Hall–Kier alpha value is -2.64. The van der Waals surface area contributed by atoms with Gasteiger partial charge in [-0.3, -0.25) is 19.2 Å². The van der Waals surface area contributed by atoms with Gasteiger partial charge in [0.2, 0.25) is 5.91 Å². The highest BCUT2D eigenvalue weighted by atomic mass is 32.2. The molecule has 6 nitrogen and oxygen atoms in total. The van der Waals surface area contributed by atoms with E-state index in [9.17, 15) is 4.79 Å². The first-order valence-corrected chi connectivity index (χ1v) is 11.2. The highest BCUT2D eigenvalue weighted by Gasteiger charge is 2.22. The number of amides is 1. The smallest absolute Gasteiger partial charge is 0.233 e. The van der Waals surface area contributed by atoms with Crippen LogP contribution in [0.15, 0.2) is 60.3 Å². The largest absolute Gasteiger partial charge is 0.339 e. The van der Waals surface area contributed by atoms with Gasteiger partial charge in [0.1, 0.15) is 0 Å². The lowest BCUT2D eigenvalue weighted by Crippen LogP contribution is -2.48. The van der Waals surface area contributed by atoms with Crippen molar-refractivity contribution in [2.75, 3.05) is 31.9 Å². The minimum absolute atomic E-state index is 0.180. The summed E-state index contributed by atoms with van der Waals surface area (Å²) in [7, 11) is 0. The molecule has 1 aromatic carbocycles. The zero-order chi connectivity index (χ0) is 20.9. The van der Waals surface area contributed by atoms with Crippen molar-refractivity contribution >= 4 is 17.7 Å². The second kappa shape index (κ2) is 9.45. The van der Waals surface area contributed by atoms with Crippen molar-refractivity contribution in [3.63, 3.8) is 0 Å². The summed E-state index contributed by atoms with van der Waals surface area (Å²) in [4.78, 5) is 25.7. The molecule has 0 aliphatic carbocycles. The van der Waals surface area contributed by atoms with Gasteiger partial charge in [-0.05, 0) is 48.7 Å². The van der Waals surface area contributed by atoms with Crippen LogP contribution in [-0.2, 0) is 11.3 Å². The quantitative estimate of drug-likeness (QED) is 0.572. The van der Waals surface area contributed by atoms with Gasteiger partial charge in [-0.1, -0.05) is 23.9 Å². The summed E-state index contributed by atoms with van der Waals surface area (Å²) in [5, 5.41) is 0.855. The number of nitrogens with zero attached hydrogens (tertiary/aromatic N) is 5. The second-order valence-electron chi connectivity index (χ2n) is 7.67. The Bertz CT molecular complexity index is 996. The van der Waals surface area contributed by atoms with E-state index in [4.69, 9.17) is 0 Å². The molecule has 1 aliphatic heterocycles. The molecule has 0 N–H and O–H groups in total. The van der Waals surface area contributed by atoms with Gasteiger partial charge in [0.15, 0.2) is 5.16 Å². The van der Waals surface area contributed by atoms with Crippen molar-refractivity contribution in [3.05, 3.63) is 71.8 Å². The maximum atomic E-state index is 12.8. The maximum absolute atomic E-state index is 12.8. The number of aromatic nitrogens is 3. The van der Waals surface area contributed by atoms with Gasteiger partial charge < -0.3 is 4.90 Å². The Morgan fingerprint density at radius 2 is 1.80 bits per heavy atom. The summed E-state index contributed by atoms with van der Waals surface area (Å²) in [5.74, 6) is 0.589. The van der Waals surface area contributed by atoms with E-state index in [1.54, 1.807) is 6.20 Å². The summed E-state index contributed by atoms with van der Waals surface area (Å²) in [6.07, 6.45) is 7.42. The van der Waals surface area contributed by atoms with Crippen molar-refractivity contribution < 1.29 is 4.79 Å². The fraction of sp³-hybridized carbons (Fsp3) is 0.348. The summed E-state index contributed by atoms with van der Waals surface area (Å²) in [6.45, 7) is 8.44. The molecule has 0 unspecified atom stereocenters. The molecule has 1 amide bonds. The van der Waals surface area contributed by atoms with Gasteiger partial charge in [0.05, 0.1) is 11.4 Å². The first-order valence-electron chi connectivity index (χ1n) is 10.2. The fourth-order valence-electron chi connectivity index (χ4n) is 3.68. The molecule has 2 aromatic heterocycles. The Morgan fingerprint density at radius 3 is 2.57 bits per heavy atom. The predicted octanol–water partition coefficient (Wildman–Crippen LogP) is 3.32. The third kappa shape index (κ3) is 4.91. The SMILES string of the molecule is Cc1ccc(C)c(-n2ccnc2SCC(=O)N2CCN(Cc3ccncc3)CC2)c1. The number of imidazole rings is 1. The summed E-state index contributed by atoms with van der Waals surface area (Å²) in [5.41, 5.74) is 4.78. The highest BCUT2D eigenvalue weighted by Crippen LogP contribution is 2.24. The third-order valence-corrected chi connectivity index (χ3v) is 6.39. The molecular weight excluding hydrogens is 394 g/mol. The molecule has 3 aromatic rings. The topological polar surface area (TPSA) is 54.3 Å². The number of carbonyl (C=O) groups is 1. The van der Waals surface area contributed by atoms with Gasteiger partial charge in [0, 0.05) is 57.5 Å². The van der Waals surface area contributed by atoms with Gasteiger partial charge in [0.25, 0.3) is 0 Å². The van der Waals surface area contributed by atoms with Gasteiger partial charge in [-0.2, -0.15) is 0 Å². The summed E-state index contributed by atoms with van der Waals surface area (Å²) in [6, 6.07) is 10.5. The zero-order valence-electron chi connectivity index (χ0n) is 17.5. The van der Waals surface area contributed by atoms with Crippen molar-refractivity contribution in [1.29, 1.82) is 0 Å². The monoisotopic (exact) mass is 421 g/mol. The van der Waals surface area contributed by atoms with Crippen LogP contribution in [0.5, 0.6) is 0 Å². The molecule has 0 atom stereocenters. The number of carbonyl (C=O) groups excluding carboxylic acids is 1. The number of thioether (sulfide) groups is 1. The Kier molecular flexibility index (Phi) is 6.50. The minimum atomic E-state index is 0.180. The third-order valence-electron chi connectivity index (χ3n) is 5.44. The lowest BCUT2D eigenvalue weighted by atomic mass is 10.1. The van der Waals surface area contributed by atoms with Crippen LogP contribution < -0.4 is 0 Å². The van der Waals surface area contributed by atoms with Crippen LogP contribution in [0.2, 0.25) is 0 Å². The van der Waals surface area contributed by atoms with Crippen LogP contribution in [-0.4, -0.2) is 62.2 Å². The minimum Gasteiger partial charge on any atom is -0.339 e. The number of pyridine rings is 1. The number of rotatable bonds is 6. The van der Waals surface area contributed by atoms with E-state index in [1.807, 2.05) is 35.6 Å². The molecule has 0 spiro atoms. The predicted molar refractivity (Wildman–Crippen MR) is 120 cm³/mol. The van der Waals surface area contributed by atoms with Gasteiger partial charge >= 0.3 is 0 Å². The van der Waals surface area contributed by atoms with Crippen LogP contribution in [0.25, 0.3) is 5.69 Å². The molecular formula is C23H27N5OS. The molecule has 4 rings (SSSR count). The average Bonchev–Trinajstić information content (AvgIpc) is 3.23. The lowest BCUT2D eigenvalue weighted by Gasteiger charge is -2.34. The number of aryl methyl sites for hydroxylation is 2. The van der Waals surface area contributed by atoms with E-state index >= 15 is 0 Å². The molecule has 1 aliphatic rings. The lowest BCUT2D eigenvalue weighted by molar-refractivity contribution is -0.130. The van der Waals surface area contributed by atoms with E-state index < -0.39 is 0 Å². The summed E-state index contributed by atoms with van der Waals surface area (Å²) < 4.78 is 2.08. The van der Waals surface area contributed by atoms with Crippen molar-refractivity contribution in [3.8, 4) is 5.69 Å². The number of hydrogen-bond donors (Lipinski definition) is 0. The van der Waals surface area contributed by atoms with Crippen molar-refractivity contribution in [2.45, 2.75) is 25.5 Å². The van der Waals surface area contributed by atoms with Crippen LogP contribution >= 0.6 is 11.8 Å². The normalized spacial score (nSPS) is 14.8. The van der Waals surface area contributed by atoms with Crippen molar-refractivity contribution in [1.82, 2.24) is 24.3 Å². The summed E-state index contributed by atoms with van der Waals surface area (Å²) >= 11 is 1.51. The Morgan fingerprint density at radius 1 is 1.03 bits per heavy atom. The average molecular weight is 422 g/mol. The van der Waals surface area contributed by atoms with Gasteiger partial charge in [-0.25, -0.2) is 4.98 Å². The molecule has 3 heterocycles. The molecule has 0 bridgehead atoms. The van der Waals surface area contributed by atoms with Crippen LogP contribution in [0.1, 0.15) is 16.7 Å². The van der Waals surface area contributed by atoms with Gasteiger partial charge in [-0.15, -0.1) is 0 Å². The Balaban J connectivity index is 1.31. The zero-order valence-corrected chi connectivity index (χ0v) is 18.3. The number of hydrogen-bond acceptors (Lipinski definition) is 5. The molecule has 30 heavy (non-hydrogen) atoms. The van der Waals surface area contributed by atoms with E-state index in [-0.39, 0.29) is 5.91 Å². The first-order chi connectivity index (χ1) is 14.6. The second-order valence-corrected chi connectivity index (χ2v) is 8.61. The van der Waals surface area contributed by atoms with E-state index in [0.29, 0.717) is 5.75 Å². The van der Waals surface area contributed by atoms with E-state index in [0.717, 1.165) is 43.6 Å². The van der Waals surface area contributed by atoms with E-state index in [1.165, 1.54) is 28.5 Å². The maximum Gasteiger partial charge on any atom is 0.233 e. The number of piperazine rings is 1. The van der Waals surface area contributed by atoms with E-state index in [2.05, 4.69) is 51.5 Å². The molecule has 0 saturated carbocycles. The molecule has 0 radical (unpaired) electrons. The van der Waals surface area contributed by atoms with Crippen LogP contribution in [0.4, 0.5) is 0 Å². The standard InChI is InChI=1S/C23H27N5OS/c1-18-3-4-19(2)21(15-18)28-10-9-25-23(28)30-17-22(29)27-13-11-26(12-14-27)16-20-5-7-24-8-6-20/h3-10,15H,11-14,16-17H2,1-2H3. The molecule has 1 fully saturated rings. The van der Waals surface area contributed by atoms with Crippen LogP contribution in [0, 0.1) is 13.8 Å². The Labute approximate surface area is 181 Å². The molecule has 156 valence electrons. The van der Waals surface area contributed by atoms with Crippen LogP contribution in [0.3, 0.4) is 0 Å². The first kappa shape index (κ1) is 20.6. The fourth-order valence-corrected chi connectivity index (χ4v) is 4.55. The van der Waals surface area contributed by atoms with Crippen molar-refractivity contribution in [2.24, 2.45) is 0 Å². The molecule has 7 heteroatoms. The molecule has 1 saturated heterocycles. The number of benzene rings is 1.